The summed E-state index contributed by atoms with van der Waals surface area (Å²) >= 11 is 0. The van der Waals surface area contributed by atoms with Crippen LogP contribution in [0.5, 0.6) is 0 Å². The number of primary amides is 2. The molecule has 20 nitrogen and oxygen atoms in total. The average molecular weight is 1020 g/mol. The Morgan fingerprint density at radius 2 is 1.23 bits per heavy atom. The number of amides is 9. The average Bonchev–Trinajstić information content (AvgIpc) is 3.66. The first-order valence-corrected chi connectivity index (χ1v) is 24.7. The topological polar surface area (TPSA) is 308 Å². The summed E-state index contributed by atoms with van der Waals surface area (Å²) < 4.78 is 11.2. The summed E-state index contributed by atoms with van der Waals surface area (Å²) in [5, 5.41) is 20.2. The molecule has 0 heterocycles. The van der Waals surface area contributed by atoms with E-state index >= 15 is 0 Å². The third kappa shape index (κ3) is 17.3. The minimum absolute atomic E-state index is 0.0310. The van der Waals surface area contributed by atoms with Crippen molar-refractivity contribution in [2.24, 2.45) is 11.5 Å². The number of nitrogens with two attached hydrogens (primary N) is 2. The standard InChI is InChI=1S/C54H69N9O11/c1-33(64)57-26-14-12-22-42(48(68)60-44(30-45(55)65)47(67)59-31-46(56)66)61-50(70)54(5,25-13-15-27-58-51(71)74-53(2,3)4)63-49(69)43(29-34-23-24-35-16-6-7-17-36(35)28-34)62-52(72)73-32-41-39-20-10-8-18-37(39)38-19-9-11-21-40(38)41/h6-11,16-21,23-24,28,41-44H,12-15,22,25-27,29-32H2,1-5H3,(H2,55,65)(H2,56,66)(H,57,64)(H,58,71)(H,59,67)(H,60,68)(H,61,70)(H,62,72)(H,63,69)/t42-,43-,44-,54-/m0/s1. The van der Waals surface area contributed by atoms with Gasteiger partial charge in [-0.15, -0.1) is 0 Å². The lowest BCUT2D eigenvalue weighted by Gasteiger charge is -2.33. The molecular formula is C54H69N9O11. The van der Waals surface area contributed by atoms with Crippen LogP contribution >= 0.6 is 0 Å². The molecule has 396 valence electrons. The van der Waals surface area contributed by atoms with E-state index in [9.17, 15) is 43.2 Å². The molecule has 0 saturated heterocycles. The zero-order valence-electron chi connectivity index (χ0n) is 42.6. The van der Waals surface area contributed by atoms with Gasteiger partial charge < -0.3 is 58.2 Å². The fourth-order valence-electron chi connectivity index (χ4n) is 8.60. The Kier molecular flexibility index (Phi) is 20.4. The molecule has 11 N–H and O–H groups in total. The summed E-state index contributed by atoms with van der Waals surface area (Å²) in [5.41, 5.74) is 12.8. The highest BCUT2D eigenvalue weighted by Gasteiger charge is 2.40. The molecule has 0 aliphatic heterocycles. The molecule has 74 heavy (non-hydrogen) atoms. The number of fused-ring (bicyclic) bond motifs is 4. The van der Waals surface area contributed by atoms with Crippen LogP contribution in [0.25, 0.3) is 21.9 Å². The SMILES string of the molecule is CC(=O)NCCCC[C@H](NC(=O)[C@](C)(CCCCNC(=O)OC(C)(C)C)NC(=O)[C@H](Cc1ccc2ccccc2c1)NC(=O)OCC1c2ccccc2-c2ccccc21)C(=O)N[C@@H](CC(N)=O)C(=O)NCC(N)=O. The minimum Gasteiger partial charge on any atom is -0.449 e. The molecule has 0 radical (unpaired) electrons. The van der Waals surface area contributed by atoms with E-state index in [1.807, 2.05) is 91.0 Å². The normalized spacial score (nSPS) is 13.8. The second kappa shape index (κ2) is 26.6. The van der Waals surface area contributed by atoms with Crippen LogP contribution in [0.1, 0.15) is 102 Å². The minimum atomic E-state index is -1.81. The van der Waals surface area contributed by atoms with E-state index in [1.165, 1.54) is 13.8 Å². The molecular weight excluding hydrogens is 951 g/mol. The van der Waals surface area contributed by atoms with Gasteiger partial charge in [-0.2, -0.15) is 0 Å². The van der Waals surface area contributed by atoms with E-state index in [4.69, 9.17) is 20.9 Å². The Balaban J connectivity index is 1.43. The molecule has 1 aliphatic rings. The van der Waals surface area contributed by atoms with Gasteiger partial charge in [0.05, 0.1) is 13.0 Å². The smallest absolute Gasteiger partial charge is 0.407 e. The summed E-state index contributed by atoms with van der Waals surface area (Å²) in [5.74, 6) is -5.83. The highest BCUT2D eigenvalue weighted by atomic mass is 16.6. The van der Waals surface area contributed by atoms with Crippen molar-refractivity contribution in [3.63, 3.8) is 0 Å². The van der Waals surface area contributed by atoms with Crippen molar-refractivity contribution in [3.8, 4) is 11.1 Å². The van der Waals surface area contributed by atoms with Gasteiger partial charge in [0.25, 0.3) is 0 Å². The van der Waals surface area contributed by atoms with Crippen LogP contribution in [0.3, 0.4) is 0 Å². The number of rotatable bonds is 26. The summed E-state index contributed by atoms with van der Waals surface area (Å²) in [6.07, 6.45) is -1.12. The second-order valence-corrected chi connectivity index (χ2v) is 19.5. The van der Waals surface area contributed by atoms with Crippen molar-refractivity contribution in [1.29, 1.82) is 0 Å². The maximum absolute atomic E-state index is 14.8. The molecule has 4 aromatic rings. The van der Waals surface area contributed by atoms with Gasteiger partial charge in [-0.25, -0.2) is 9.59 Å². The van der Waals surface area contributed by atoms with Gasteiger partial charge in [0.2, 0.25) is 41.4 Å². The fourth-order valence-corrected chi connectivity index (χ4v) is 8.60. The van der Waals surface area contributed by atoms with E-state index in [2.05, 4.69) is 37.2 Å². The zero-order valence-corrected chi connectivity index (χ0v) is 42.6. The van der Waals surface area contributed by atoms with Crippen LogP contribution in [0.15, 0.2) is 91.0 Å². The van der Waals surface area contributed by atoms with E-state index in [-0.39, 0.29) is 63.6 Å². The third-order valence-corrected chi connectivity index (χ3v) is 12.3. The molecule has 0 fully saturated rings. The number of carbonyl (C=O) groups excluding carboxylic acids is 9. The number of alkyl carbamates (subject to hydrolysis) is 2. The van der Waals surface area contributed by atoms with Crippen LogP contribution in [-0.4, -0.2) is 109 Å². The monoisotopic (exact) mass is 1020 g/mol. The third-order valence-electron chi connectivity index (χ3n) is 12.3. The van der Waals surface area contributed by atoms with Gasteiger partial charge >= 0.3 is 12.2 Å². The first-order valence-electron chi connectivity index (χ1n) is 24.7. The van der Waals surface area contributed by atoms with E-state index in [1.54, 1.807) is 20.8 Å². The number of nitrogens with one attached hydrogen (secondary N) is 7. The number of hydrogen-bond acceptors (Lipinski definition) is 11. The molecule has 9 amide bonds. The largest absolute Gasteiger partial charge is 0.449 e. The van der Waals surface area contributed by atoms with Gasteiger partial charge in [-0.3, -0.25) is 33.6 Å². The van der Waals surface area contributed by atoms with Gasteiger partial charge in [0, 0.05) is 32.4 Å². The van der Waals surface area contributed by atoms with Gasteiger partial charge in [-0.05, 0) is 105 Å². The molecule has 4 aromatic carbocycles. The molecule has 0 aromatic heterocycles. The number of hydrogen-bond donors (Lipinski definition) is 9. The van der Waals surface area contributed by atoms with E-state index in [0.717, 1.165) is 33.0 Å². The van der Waals surface area contributed by atoms with Crippen molar-refractivity contribution < 1.29 is 52.6 Å². The maximum Gasteiger partial charge on any atom is 0.407 e. The van der Waals surface area contributed by atoms with Gasteiger partial charge in [0.15, 0.2) is 0 Å². The highest BCUT2D eigenvalue weighted by molar-refractivity contribution is 5.98. The molecule has 4 atom stereocenters. The van der Waals surface area contributed by atoms with Crippen LogP contribution in [0.2, 0.25) is 0 Å². The Hall–Kier alpha value is -8.03. The van der Waals surface area contributed by atoms with Crippen LogP contribution < -0.4 is 48.7 Å². The van der Waals surface area contributed by atoms with Crippen LogP contribution in [0, 0.1) is 0 Å². The lowest BCUT2D eigenvalue weighted by molar-refractivity contribution is -0.137. The fraction of sp³-hybridized carbons (Fsp3) is 0.426. The van der Waals surface area contributed by atoms with Crippen LogP contribution in [0.4, 0.5) is 9.59 Å². The molecule has 20 heteroatoms. The summed E-state index contributed by atoms with van der Waals surface area (Å²) in [6.45, 7) is 7.74. The van der Waals surface area contributed by atoms with Crippen molar-refractivity contribution in [1.82, 2.24) is 37.2 Å². The quantitative estimate of drug-likeness (QED) is 0.0409. The van der Waals surface area contributed by atoms with Crippen molar-refractivity contribution in [2.75, 3.05) is 26.2 Å². The second-order valence-electron chi connectivity index (χ2n) is 19.5. The number of carbonyl (C=O) groups is 9. The summed E-state index contributed by atoms with van der Waals surface area (Å²) in [7, 11) is 0. The Bertz CT molecular complexity index is 2640. The molecule has 0 bridgehead atoms. The Labute approximate surface area is 430 Å². The first kappa shape index (κ1) is 56.9. The Morgan fingerprint density at radius 1 is 0.608 bits per heavy atom. The van der Waals surface area contributed by atoms with Crippen molar-refractivity contribution >= 4 is 64.3 Å². The Morgan fingerprint density at radius 3 is 1.86 bits per heavy atom. The molecule has 0 unspecified atom stereocenters. The lowest BCUT2D eigenvalue weighted by atomic mass is 9.91. The summed E-state index contributed by atoms with van der Waals surface area (Å²) in [6, 6.07) is 24.7. The highest BCUT2D eigenvalue weighted by Crippen LogP contribution is 2.44. The van der Waals surface area contributed by atoms with Crippen LogP contribution in [-0.2, 0) is 49.5 Å². The number of unbranched alkanes of at least 4 members (excludes halogenated alkanes) is 2. The van der Waals surface area contributed by atoms with E-state index < -0.39 is 89.9 Å². The maximum atomic E-state index is 14.8. The predicted octanol–water partition coefficient (Wildman–Crippen LogP) is 3.61. The summed E-state index contributed by atoms with van der Waals surface area (Å²) in [4.78, 5) is 118. The van der Waals surface area contributed by atoms with Gasteiger partial charge in [-0.1, -0.05) is 91.0 Å². The van der Waals surface area contributed by atoms with E-state index in [0.29, 0.717) is 18.4 Å². The molecule has 0 spiro atoms. The number of ether oxygens (including phenoxy) is 2. The number of benzene rings is 4. The lowest BCUT2D eigenvalue weighted by Crippen LogP contribution is -2.64. The van der Waals surface area contributed by atoms with Gasteiger partial charge in [0.1, 0.15) is 35.9 Å². The molecule has 0 saturated carbocycles. The van der Waals surface area contributed by atoms with Crippen molar-refractivity contribution in [2.45, 2.75) is 121 Å². The van der Waals surface area contributed by atoms with Crippen molar-refractivity contribution in [3.05, 3.63) is 108 Å². The molecule has 5 rings (SSSR count). The predicted molar refractivity (Wildman–Crippen MR) is 277 cm³/mol. The zero-order chi connectivity index (χ0) is 54.0. The first-order chi connectivity index (χ1) is 35.1. The molecule has 1 aliphatic carbocycles.